The van der Waals surface area contributed by atoms with Gasteiger partial charge in [0.05, 0.1) is 7.11 Å². The largest absolute Gasteiger partial charge is 0.465 e. The number of amides is 1. The average molecular weight is 417 g/mol. The number of esters is 1. The topological polar surface area (TPSA) is 55.4 Å². The van der Waals surface area contributed by atoms with Crippen molar-refractivity contribution in [3.63, 3.8) is 0 Å². The monoisotopic (exact) mass is 415 g/mol. The third-order valence-corrected chi connectivity index (χ3v) is 4.92. The number of hydrogen-bond acceptors (Lipinski definition) is 4. The Hall–Kier alpha value is -1.37. The molecular weight excluding hydrogens is 402 g/mol. The van der Waals surface area contributed by atoms with Crippen LogP contribution >= 0.6 is 38.9 Å². The number of nitrogens with one attached hydrogen (secondary N) is 1. The van der Waals surface area contributed by atoms with Gasteiger partial charge in [-0.2, -0.15) is 0 Å². The summed E-state index contributed by atoms with van der Waals surface area (Å²) >= 11 is 10.3. The molecule has 23 heavy (non-hydrogen) atoms. The number of anilines is 1. The minimum absolute atomic E-state index is 0.187. The molecule has 0 aliphatic carbocycles. The van der Waals surface area contributed by atoms with Crippen LogP contribution in [0.25, 0.3) is 11.1 Å². The van der Waals surface area contributed by atoms with Crippen LogP contribution in [0, 0.1) is 6.92 Å². The van der Waals surface area contributed by atoms with E-state index in [1.165, 1.54) is 18.4 Å². The number of hydrogen-bond donors (Lipinski definition) is 1. The molecule has 7 heteroatoms. The van der Waals surface area contributed by atoms with E-state index < -0.39 is 5.97 Å². The fraction of sp³-hybridized carbons (Fsp3) is 0.250. The number of benzene rings is 1. The van der Waals surface area contributed by atoms with E-state index in [-0.39, 0.29) is 18.2 Å². The van der Waals surface area contributed by atoms with E-state index in [4.69, 9.17) is 16.3 Å². The summed E-state index contributed by atoms with van der Waals surface area (Å²) in [6.07, 6.45) is 0.187. The van der Waals surface area contributed by atoms with Crippen molar-refractivity contribution < 1.29 is 14.3 Å². The maximum Gasteiger partial charge on any atom is 0.341 e. The van der Waals surface area contributed by atoms with Crippen LogP contribution in [-0.4, -0.2) is 24.9 Å². The van der Waals surface area contributed by atoms with Crippen LogP contribution in [0.15, 0.2) is 28.7 Å². The lowest BCUT2D eigenvalue weighted by Crippen LogP contribution is -2.14. The molecule has 0 radical (unpaired) electrons. The molecule has 0 fully saturated rings. The lowest BCUT2D eigenvalue weighted by molar-refractivity contribution is -0.115. The van der Waals surface area contributed by atoms with Crippen LogP contribution in [0.3, 0.4) is 0 Å². The van der Waals surface area contributed by atoms with Gasteiger partial charge in [-0.15, -0.1) is 22.9 Å². The fourth-order valence-corrected chi connectivity index (χ4v) is 3.69. The molecule has 1 amide bonds. The first-order valence-electron chi connectivity index (χ1n) is 6.81. The molecule has 0 unspecified atom stereocenters. The fourth-order valence-electron chi connectivity index (χ4n) is 2.17. The molecule has 0 saturated carbocycles. The highest BCUT2D eigenvalue weighted by Crippen LogP contribution is 2.40. The molecule has 122 valence electrons. The van der Waals surface area contributed by atoms with Crippen LogP contribution in [0.5, 0.6) is 0 Å². The first kappa shape index (κ1) is 18.0. The summed E-state index contributed by atoms with van der Waals surface area (Å²) in [5, 5.41) is 3.24. The van der Waals surface area contributed by atoms with E-state index in [9.17, 15) is 9.59 Å². The van der Waals surface area contributed by atoms with Crippen LogP contribution in [-0.2, 0) is 9.53 Å². The predicted octanol–water partition coefficient (Wildman–Crippen LogP) is 4.84. The Bertz CT molecular complexity index is 728. The van der Waals surface area contributed by atoms with Crippen LogP contribution in [0.1, 0.15) is 21.7 Å². The van der Waals surface area contributed by atoms with Gasteiger partial charge in [0.1, 0.15) is 10.6 Å². The number of methoxy groups -OCH3 is 1. The number of carbonyl (C=O) groups is 2. The Morgan fingerprint density at radius 1 is 1.30 bits per heavy atom. The Labute approximate surface area is 151 Å². The zero-order chi connectivity index (χ0) is 17.0. The molecule has 0 saturated heterocycles. The smallest absolute Gasteiger partial charge is 0.341 e. The van der Waals surface area contributed by atoms with Crippen molar-refractivity contribution in [2.24, 2.45) is 0 Å². The van der Waals surface area contributed by atoms with Gasteiger partial charge in [-0.05, 0) is 24.6 Å². The summed E-state index contributed by atoms with van der Waals surface area (Å²) in [5.41, 5.74) is 2.04. The van der Waals surface area contributed by atoms with Gasteiger partial charge in [0, 0.05) is 27.2 Å². The van der Waals surface area contributed by atoms with Gasteiger partial charge >= 0.3 is 5.97 Å². The maximum absolute atomic E-state index is 12.2. The first-order valence-corrected chi connectivity index (χ1v) is 8.95. The van der Waals surface area contributed by atoms with Crippen molar-refractivity contribution in [2.75, 3.05) is 18.3 Å². The normalized spacial score (nSPS) is 10.4. The number of thiophene rings is 1. The molecule has 1 N–H and O–H groups in total. The molecule has 1 heterocycles. The number of halogens is 2. The molecule has 2 rings (SSSR count). The molecule has 1 aromatic carbocycles. The van der Waals surface area contributed by atoms with Gasteiger partial charge in [0.25, 0.3) is 0 Å². The highest BCUT2D eigenvalue weighted by atomic mass is 79.9. The molecule has 0 spiro atoms. The predicted molar refractivity (Wildman–Crippen MR) is 97.5 cm³/mol. The molecule has 1 aromatic heterocycles. The standard InChI is InChI=1S/C16H15BrClNO3S/c1-9-13(10-3-5-11(17)6-4-10)14(16(21)22-2)15(23-9)19-12(20)7-8-18/h3-6H,7-8H2,1-2H3,(H,19,20). The van der Waals surface area contributed by atoms with E-state index in [1.807, 2.05) is 31.2 Å². The summed E-state index contributed by atoms with van der Waals surface area (Å²) in [4.78, 5) is 25.0. The van der Waals surface area contributed by atoms with Gasteiger partial charge < -0.3 is 10.1 Å². The molecule has 0 aliphatic rings. The second kappa shape index (κ2) is 7.95. The molecule has 0 atom stereocenters. The average Bonchev–Trinajstić information content (AvgIpc) is 2.83. The van der Waals surface area contributed by atoms with Crippen LogP contribution < -0.4 is 5.32 Å². The quantitative estimate of drug-likeness (QED) is 0.560. The third kappa shape index (κ3) is 4.13. The van der Waals surface area contributed by atoms with Gasteiger partial charge in [-0.3, -0.25) is 4.79 Å². The highest BCUT2D eigenvalue weighted by molar-refractivity contribution is 9.10. The summed E-state index contributed by atoms with van der Waals surface area (Å²) in [5.74, 6) is -0.481. The second-order valence-corrected chi connectivity index (χ2v) is 7.24. The minimum Gasteiger partial charge on any atom is -0.465 e. The van der Waals surface area contributed by atoms with Crippen molar-refractivity contribution in [3.05, 3.63) is 39.2 Å². The molecule has 4 nitrogen and oxygen atoms in total. The highest BCUT2D eigenvalue weighted by Gasteiger charge is 2.24. The summed E-state index contributed by atoms with van der Waals surface area (Å²) in [6, 6.07) is 7.63. The molecule has 2 aromatic rings. The summed E-state index contributed by atoms with van der Waals surface area (Å²) in [6.45, 7) is 1.91. The van der Waals surface area contributed by atoms with Crippen molar-refractivity contribution >= 4 is 55.7 Å². The van der Waals surface area contributed by atoms with E-state index in [0.717, 1.165) is 20.5 Å². The van der Waals surface area contributed by atoms with E-state index >= 15 is 0 Å². The summed E-state index contributed by atoms with van der Waals surface area (Å²) < 4.78 is 5.85. The van der Waals surface area contributed by atoms with E-state index in [1.54, 1.807) is 0 Å². The van der Waals surface area contributed by atoms with Gasteiger partial charge in [0.15, 0.2) is 0 Å². The Morgan fingerprint density at radius 3 is 2.52 bits per heavy atom. The zero-order valence-corrected chi connectivity index (χ0v) is 15.8. The number of rotatable bonds is 5. The van der Waals surface area contributed by atoms with Crippen molar-refractivity contribution in [1.29, 1.82) is 0 Å². The zero-order valence-electron chi connectivity index (χ0n) is 12.6. The van der Waals surface area contributed by atoms with Crippen molar-refractivity contribution in [2.45, 2.75) is 13.3 Å². The number of alkyl halides is 1. The maximum atomic E-state index is 12.2. The third-order valence-electron chi connectivity index (χ3n) is 3.18. The van der Waals surface area contributed by atoms with Crippen LogP contribution in [0.4, 0.5) is 5.00 Å². The van der Waals surface area contributed by atoms with Gasteiger partial charge in [0.2, 0.25) is 5.91 Å². The van der Waals surface area contributed by atoms with Crippen LogP contribution in [0.2, 0.25) is 0 Å². The number of ether oxygens (including phenoxy) is 1. The molecule has 0 aliphatic heterocycles. The number of aryl methyl sites for hydroxylation is 1. The van der Waals surface area contributed by atoms with E-state index in [0.29, 0.717) is 10.6 Å². The Morgan fingerprint density at radius 2 is 1.96 bits per heavy atom. The van der Waals surface area contributed by atoms with Gasteiger partial charge in [-0.1, -0.05) is 28.1 Å². The lowest BCUT2D eigenvalue weighted by atomic mass is 10.0. The van der Waals surface area contributed by atoms with Crippen molar-refractivity contribution in [3.8, 4) is 11.1 Å². The minimum atomic E-state index is -0.478. The SMILES string of the molecule is COC(=O)c1c(NC(=O)CCCl)sc(C)c1-c1ccc(Br)cc1. The van der Waals surface area contributed by atoms with Gasteiger partial charge in [-0.25, -0.2) is 4.79 Å². The summed E-state index contributed by atoms with van der Waals surface area (Å²) in [7, 11) is 1.32. The molecule has 0 bridgehead atoms. The van der Waals surface area contributed by atoms with E-state index in [2.05, 4.69) is 21.2 Å². The Balaban J connectivity index is 2.53. The Kier molecular flexibility index (Phi) is 6.21. The number of carbonyl (C=O) groups excluding carboxylic acids is 2. The first-order chi connectivity index (χ1) is 11.0. The lowest BCUT2D eigenvalue weighted by Gasteiger charge is -2.08. The second-order valence-electron chi connectivity index (χ2n) is 4.72. The molecular formula is C16H15BrClNO3S. The van der Waals surface area contributed by atoms with Crippen molar-refractivity contribution in [1.82, 2.24) is 0 Å².